The molecule has 24 heavy (non-hydrogen) atoms. The van der Waals surface area contributed by atoms with Gasteiger partial charge >= 0.3 is 0 Å². The lowest BCUT2D eigenvalue weighted by Crippen LogP contribution is -2.60. The Morgan fingerprint density at radius 3 is 2.54 bits per heavy atom. The van der Waals surface area contributed by atoms with Gasteiger partial charge in [0.05, 0.1) is 7.11 Å². The molecule has 1 aromatic carbocycles. The molecule has 4 aliphatic heterocycles. The molecule has 0 spiro atoms. The van der Waals surface area contributed by atoms with Gasteiger partial charge in [-0.2, -0.15) is 0 Å². The van der Waals surface area contributed by atoms with Crippen molar-refractivity contribution in [3.05, 3.63) is 29.8 Å². The van der Waals surface area contributed by atoms with Crippen LogP contribution in [-0.2, 0) is 4.79 Å². The zero-order valence-corrected chi connectivity index (χ0v) is 14.4. The number of fused-ring (bicyclic) bond motifs is 2. The molecule has 0 unspecified atom stereocenters. The van der Waals surface area contributed by atoms with E-state index in [-0.39, 0.29) is 5.91 Å². The normalized spacial score (nSPS) is 35.0. The Labute approximate surface area is 143 Å². The molecule has 3 atom stereocenters. The lowest BCUT2D eigenvalue weighted by molar-refractivity contribution is -0.118. The van der Waals surface area contributed by atoms with Crippen molar-refractivity contribution >= 4 is 5.91 Å². The smallest absolute Gasteiger partial charge is 0.218 e. The molecule has 2 N–H and O–H groups in total. The molecule has 1 amide bonds. The summed E-state index contributed by atoms with van der Waals surface area (Å²) in [4.78, 5) is 16.5. The largest absolute Gasteiger partial charge is 0.497 e. The van der Waals surface area contributed by atoms with Crippen LogP contribution in [0.5, 0.6) is 5.75 Å². The fourth-order valence-electron chi connectivity index (χ4n) is 5.19. The standard InChI is InChI=1S/C19H27N3O2/c1-24-15-4-2-13(3-5-15)16-12-22(11-8-17(20)23)18-14-6-9-21(10-7-14)19(16)18/h2-5,14,16,18-19H,6-12H2,1H3,(H2,20,23)/t16-,18+,19+/m0/s1. The summed E-state index contributed by atoms with van der Waals surface area (Å²) in [5.74, 6) is 2.00. The Morgan fingerprint density at radius 2 is 1.92 bits per heavy atom. The maximum absolute atomic E-state index is 11.3. The molecule has 130 valence electrons. The number of carbonyl (C=O) groups is 1. The first kappa shape index (κ1) is 15.9. The van der Waals surface area contributed by atoms with Crippen LogP contribution in [0.15, 0.2) is 24.3 Å². The highest BCUT2D eigenvalue weighted by atomic mass is 16.5. The van der Waals surface area contributed by atoms with Gasteiger partial charge < -0.3 is 10.5 Å². The SMILES string of the molecule is COc1ccc([C@@H]2CN(CCC(N)=O)[C@@H]3C4CCN(CC4)[C@@H]32)cc1. The molecule has 0 radical (unpaired) electrons. The second kappa shape index (κ2) is 6.37. The molecule has 4 fully saturated rings. The van der Waals surface area contributed by atoms with E-state index in [0.717, 1.165) is 24.8 Å². The summed E-state index contributed by atoms with van der Waals surface area (Å²) in [6, 6.07) is 9.71. The number of piperidine rings is 3. The number of nitrogens with zero attached hydrogens (tertiary/aromatic N) is 2. The van der Waals surface area contributed by atoms with Gasteiger partial charge in [0.15, 0.2) is 0 Å². The molecule has 5 heteroatoms. The van der Waals surface area contributed by atoms with Crippen molar-refractivity contribution in [1.82, 2.24) is 9.80 Å². The Hall–Kier alpha value is -1.59. The van der Waals surface area contributed by atoms with E-state index in [1.807, 2.05) is 0 Å². The molecule has 2 bridgehead atoms. The fourth-order valence-corrected chi connectivity index (χ4v) is 5.19. The highest BCUT2D eigenvalue weighted by molar-refractivity contribution is 5.73. The second-order valence-electron chi connectivity index (χ2n) is 7.45. The zero-order chi connectivity index (χ0) is 16.7. The fraction of sp³-hybridized carbons (Fsp3) is 0.632. The highest BCUT2D eigenvalue weighted by Gasteiger charge is 2.52. The van der Waals surface area contributed by atoms with Crippen molar-refractivity contribution in [2.45, 2.75) is 37.3 Å². The average Bonchev–Trinajstić information content (AvgIpc) is 3.03. The first-order chi connectivity index (χ1) is 11.7. The van der Waals surface area contributed by atoms with Crippen LogP contribution < -0.4 is 10.5 Å². The predicted molar refractivity (Wildman–Crippen MR) is 93.0 cm³/mol. The summed E-state index contributed by atoms with van der Waals surface area (Å²) in [6.07, 6.45) is 3.05. The minimum atomic E-state index is -0.194. The van der Waals surface area contributed by atoms with Gasteiger partial charge in [-0.25, -0.2) is 0 Å². The predicted octanol–water partition coefficient (Wildman–Crippen LogP) is 1.43. The van der Waals surface area contributed by atoms with E-state index in [9.17, 15) is 4.79 Å². The lowest BCUT2D eigenvalue weighted by atomic mass is 9.75. The van der Waals surface area contributed by atoms with Gasteiger partial charge in [-0.05, 0) is 49.5 Å². The summed E-state index contributed by atoms with van der Waals surface area (Å²) in [5.41, 5.74) is 6.79. The topological polar surface area (TPSA) is 58.8 Å². The number of carbonyl (C=O) groups excluding carboxylic acids is 1. The van der Waals surface area contributed by atoms with Crippen molar-refractivity contribution in [3.63, 3.8) is 0 Å². The van der Waals surface area contributed by atoms with E-state index in [1.54, 1.807) is 7.11 Å². The third-order valence-electron chi connectivity index (χ3n) is 6.28. The summed E-state index contributed by atoms with van der Waals surface area (Å²) in [7, 11) is 1.71. The number of amides is 1. The van der Waals surface area contributed by atoms with Crippen molar-refractivity contribution in [2.24, 2.45) is 11.7 Å². The molecule has 0 aliphatic carbocycles. The summed E-state index contributed by atoms with van der Waals surface area (Å²) < 4.78 is 5.30. The number of hydrogen-bond donors (Lipinski definition) is 1. The van der Waals surface area contributed by atoms with E-state index in [4.69, 9.17) is 10.5 Å². The van der Waals surface area contributed by atoms with Gasteiger partial charge in [0.2, 0.25) is 5.91 Å². The number of nitrogens with two attached hydrogens (primary N) is 1. The minimum absolute atomic E-state index is 0.194. The molecule has 4 aliphatic rings. The van der Waals surface area contributed by atoms with E-state index < -0.39 is 0 Å². The number of likely N-dealkylation sites (tertiary alicyclic amines) is 1. The van der Waals surface area contributed by atoms with Crippen molar-refractivity contribution < 1.29 is 9.53 Å². The van der Waals surface area contributed by atoms with E-state index in [2.05, 4.69) is 34.1 Å². The van der Waals surface area contributed by atoms with Crippen LogP contribution in [0.4, 0.5) is 0 Å². The molecular formula is C19H27N3O2. The average molecular weight is 329 g/mol. The van der Waals surface area contributed by atoms with Gasteiger partial charge in [-0.3, -0.25) is 14.6 Å². The number of hydrogen-bond acceptors (Lipinski definition) is 4. The summed E-state index contributed by atoms with van der Waals surface area (Å²) >= 11 is 0. The zero-order valence-electron chi connectivity index (χ0n) is 14.4. The molecule has 4 saturated heterocycles. The van der Waals surface area contributed by atoms with Crippen molar-refractivity contribution in [2.75, 3.05) is 33.3 Å². The van der Waals surface area contributed by atoms with Crippen LogP contribution in [0.3, 0.4) is 0 Å². The number of primary amides is 1. The van der Waals surface area contributed by atoms with Crippen LogP contribution in [0.1, 0.15) is 30.7 Å². The molecule has 1 aromatic rings. The Kier molecular flexibility index (Phi) is 4.22. The van der Waals surface area contributed by atoms with Gasteiger partial charge in [0, 0.05) is 37.5 Å². The van der Waals surface area contributed by atoms with Gasteiger partial charge in [-0.1, -0.05) is 12.1 Å². The minimum Gasteiger partial charge on any atom is -0.497 e. The maximum atomic E-state index is 11.3. The molecule has 5 nitrogen and oxygen atoms in total. The second-order valence-corrected chi connectivity index (χ2v) is 7.45. The van der Waals surface area contributed by atoms with Gasteiger partial charge in [0.1, 0.15) is 5.75 Å². The Balaban J connectivity index is 1.60. The summed E-state index contributed by atoms with van der Waals surface area (Å²) in [6.45, 7) is 4.28. The van der Waals surface area contributed by atoms with E-state index >= 15 is 0 Å². The van der Waals surface area contributed by atoms with Crippen LogP contribution in [0, 0.1) is 5.92 Å². The third-order valence-corrected chi connectivity index (χ3v) is 6.28. The van der Waals surface area contributed by atoms with Crippen molar-refractivity contribution in [1.29, 1.82) is 0 Å². The number of benzene rings is 1. The summed E-state index contributed by atoms with van der Waals surface area (Å²) in [5, 5.41) is 0. The molecule has 4 heterocycles. The molecule has 0 saturated carbocycles. The molecule has 5 rings (SSSR count). The van der Waals surface area contributed by atoms with Crippen molar-refractivity contribution in [3.8, 4) is 5.75 Å². The molecule has 0 aromatic heterocycles. The highest BCUT2D eigenvalue weighted by Crippen LogP contribution is 2.46. The maximum Gasteiger partial charge on any atom is 0.218 e. The third kappa shape index (κ3) is 2.70. The Morgan fingerprint density at radius 1 is 1.21 bits per heavy atom. The quantitative estimate of drug-likeness (QED) is 0.888. The van der Waals surface area contributed by atoms with Crippen LogP contribution in [-0.4, -0.2) is 61.1 Å². The molecular weight excluding hydrogens is 302 g/mol. The van der Waals surface area contributed by atoms with Gasteiger partial charge in [0.25, 0.3) is 0 Å². The first-order valence-corrected chi connectivity index (χ1v) is 9.07. The van der Waals surface area contributed by atoms with Crippen LogP contribution >= 0.6 is 0 Å². The van der Waals surface area contributed by atoms with Gasteiger partial charge in [-0.15, -0.1) is 0 Å². The monoisotopic (exact) mass is 329 g/mol. The van der Waals surface area contributed by atoms with Crippen LogP contribution in [0.25, 0.3) is 0 Å². The first-order valence-electron chi connectivity index (χ1n) is 9.07. The number of methoxy groups -OCH3 is 1. The van der Waals surface area contributed by atoms with E-state index in [1.165, 1.54) is 31.5 Å². The number of rotatable bonds is 5. The number of ether oxygens (including phenoxy) is 1. The Bertz CT molecular complexity index is 595. The van der Waals surface area contributed by atoms with Crippen LogP contribution in [0.2, 0.25) is 0 Å². The lowest BCUT2D eigenvalue weighted by Gasteiger charge is -2.51. The van der Waals surface area contributed by atoms with E-state index in [0.29, 0.717) is 24.4 Å².